The van der Waals surface area contributed by atoms with Gasteiger partial charge in [-0.1, -0.05) is 6.92 Å². The van der Waals surface area contributed by atoms with Crippen molar-refractivity contribution >= 4 is 5.91 Å². The van der Waals surface area contributed by atoms with Crippen molar-refractivity contribution in [2.75, 3.05) is 52.9 Å². The largest absolute Gasteiger partial charge is 0.351 e. The monoisotopic (exact) mass is 422 g/mol. The van der Waals surface area contributed by atoms with Gasteiger partial charge >= 0.3 is 0 Å². The number of amides is 1. The highest BCUT2D eigenvalue weighted by molar-refractivity contribution is 5.82. The van der Waals surface area contributed by atoms with E-state index in [0.29, 0.717) is 31.0 Å². The van der Waals surface area contributed by atoms with Crippen LogP contribution in [0.5, 0.6) is 0 Å². The van der Waals surface area contributed by atoms with Crippen molar-refractivity contribution < 1.29 is 9.18 Å². The van der Waals surface area contributed by atoms with Gasteiger partial charge < -0.3 is 15.5 Å². The average molecular weight is 423 g/mol. The first-order chi connectivity index (χ1) is 14.5. The van der Waals surface area contributed by atoms with Crippen molar-refractivity contribution in [3.63, 3.8) is 0 Å². The van der Waals surface area contributed by atoms with E-state index < -0.39 is 6.17 Å². The predicted molar refractivity (Wildman–Crippen MR) is 115 cm³/mol. The quantitative estimate of drug-likeness (QED) is 0.588. The van der Waals surface area contributed by atoms with E-state index in [0.717, 1.165) is 58.7 Å². The molecule has 0 spiro atoms. The fourth-order valence-corrected chi connectivity index (χ4v) is 6.70. The first-order valence-corrected chi connectivity index (χ1v) is 12.1. The molecule has 7 nitrogen and oxygen atoms in total. The lowest BCUT2D eigenvalue weighted by molar-refractivity contribution is -0.124. The molecule has 4 heterocycles. The number of likely N-dealkylation sites (N-methyl/N-ethyl adjacent to an activating group) is 1. The van der Waals surface area contributed by atoms with Crippen molar-refractivity contribution in [1.29, 1.82) is 0 Å². The van der Waals surface area contributed by atoms with E-state index in [1.54, 1.807) is 0 Å². The molecule has 170 valence electrons. The molecule has 5 aliphatic rings. The minimum Gasteiger partial charge on any atom is -0.351 e. The lowest BCUT2D eigenvalue weighted by atomic mass is 9.77. The van der Waals surface area contributed by atoms with Gasteiger partial charge in [0.05, 0.1) is 12.2 Å². The summed E-state index contributed by atoms with van der Waals surface area (Å²) in [7, 11) is 2.19. The fraction of sp³-hybridized carbons (Fsp3) is 0.955. The molecule has 3 N–H and O–H groups in total. The van der Waals surface area contributed by atoms with E-state index in [1.807, 2.05) is 0 Å². The molecule has 4 saturated heterocycles. The van der Waals surface area contributed by atoms with Crippen LogP contribution < -0.4 is 16.0 Å². The number of halogens is 1. The van der Waals surface area contributed by atoms with Crippen molar-refractivity contribution in [3.8, 4) is 0 Å². The number of carbonyl (C=O) groups is 1. The third kappa shape index (κ3) is 4.01. The molecule has 0 radical (unpaired) electrons. The topological polar surface area (TPSA) is 62.9 Å². The summed E-state index contributed by atoms with van der Waals surface area (Å²) in [4.78, 5) is 20.7. The summed E-state index contributed by atoms with van der Waals surface area (Å²) in [5, 5.41) is 10.5. The molecule has 30 heavy (non-hydrogen) atoms. The highest BCUT2D eigenvalue weighted by Gasteiger charge is 2.47. The van der Waals surface area contributed by atoms with Gasteiger partial charge in [-0.15, -0.1) is 0 Å². The zero-order valence-electron chi connectivity index (χ0n) is 18.5. The summed E-state index contributed by atoms with van der Waals surface area (Å²) >= 11 is 0. The van der Waals surface area contributed by atoms with Crippen LogP contribution in [0.15, 0.2) is 0 Å². The molecule has 8 unspecified atom stereocenters. The molecule has 8 atom stereocenters. The number of fused-ring (bicyclic) bond motifs is 2. The molecule has 0 aromatic rings. The Morgan fingerprint density at radius 2 is 1.87 bits per heavy atom. The third-order valence-corrected chi connectivity index (χ3v) is 8.50. The number of hydrogen-bond donors (Lipinski definition) is 3. The Kier molecular flexibility index (Phi) is 6.05. The number of carbonyl (C=O) groups excluding carboxylic acids is 1. The van der Waals surface area contributed by atoms with Crippen LogP contribution in [0.4, 0.5) is 4.39 Å². The Hall–Kier alpha value is -0.800. The van der Waals surface area contributed by atoms with E-state index in [2.05, 4.69) is 44.6 Å². The molecule has 0 aromatic carbocycles. The summed E-state index contributed by atoms with van der Waals surface area (Å²) < 4.78 is 14.4. The molecule has 0 bridgehead atoms. The van der Waals surface area contributed by atoms with Gasteiger partial charge in [-0.05, 0) is 38.6 Å². The van der Waals surface area contributed by atoms with Crippen molar-refractivity contribution in [2.24, 2.45) is 11.8 Å². The van der Waals surface area contributed by atoms with E-state index in [-0.39, 0.29) is 30.0 Å². The summed E-state index contributed by atoms with van der Waals surface area (Å²) in [6, 6.07) is 0.521. The van der Waals surface area contributed by atoms with Gasteiger partial charge in [0.2, 0.25) is 5.91 Å². The molecular weight excluding hydrogens is 383 g/mol. The second-order valence-corrected chi connectivity index (χ2v) is 10.5. The number of hydrogen-bond acceptors (Lipinski definition) is 6. The van der Waals surface area contributed by atoms with Crippen LogP contribution in [0.3, 0.4) is 0 Å². The van der Waals surface area contributed by atoms with E-state index in [4.69, 9.17) is 0 Å². The summed E-state index contributed by atoms with van der Waals surface area (Å²) in [6.07, 6.45) is 2.85. The van der Waals surface area contributed by atoms with Crippen LogP contribution >= 0.6 is 0 Å². The Balaban J connectivity index is 1.22. The Bertz CT molecular complexity index is 611. The molecule has 1 amide bonds. The van der Waals surface area contributed by atoms with Gasteiger partial charge in [-0.3, -0.25) is 19.9 Å². The van der Waals surface area contributed by atoms with Crippen LogP contribution in [0.1, 0.15) is 32.6 Å². The SMILES string of the molecule is CC1CCC(F)C2CC(C(=O)NC3CC(N4CCN(C)CC4)C4NCCN4C3)NC12. The molecule has 5 fully saturated rings. The molecule has 0 aromatic heterocycles. The van der Waals surface area contributed by atoms with Crippen LogP contribution in [-0.4, -0.2) is 110 Å². The Labute approximate surface area is 180 Å². The van der Waals surface area contributed by atoms with E-state index in [1.165, 1.54) is 0 Å². The second-order valence-electron chi connectivity index (χ2n) is 10.5. The number of piperidine rings is 1. The van der Waals surface area contributed by atoms with E-state index in [9.17, 15) is 9.18 Å². The smallest absolute Gasteiger partial charge is 0.237 e. The van der Waals surface area contributed by atoms with Crippen molar-refractivity contribution in [3.05, 3.63) is 0 Å². The number of alkyl halides is 1. The number of piperazine rings is 1. The molecule has 8 heteroatoms. The Morgan fingerprint density at radius 1 is 1.07 bits per heavy atom. The molecule has 4 aliphatic heterocycles. The molecule has 5 rings (SSSR count). The summed E-state index contributed by atoms with van der Waals surface area (Å²) in [5.41, 5.74) is 0. The average Bonchev–Trinajstić information content (AvgIpc) is 3.39. The van der Waals surface area contributed by atoms with Gasteiger partial charge in [0.15, 0.2) is 0 Å². The minimum atomic E-state index is -0.760. The normalized spacial score (nSPS) is 45.8. The second kappa shape index (κ2) is 8.62. The zero-order chi connectivity index (χ0) is 20.8. The first-order valence-electron chi connectivity index (χ1n) is 12.1. The predicted octanol–water partition coefficient (Wildman–Crippen LogP) is -0.163. The molecule has 1 saturated carbocycles. The fourth-order valence-electron chi connectivity index (χ4n) is 6.70. The summed E-state index contributed by atoms with van der Waals surface area (Å²) in [6.45, 7) is 9.59. The maximum absolute atomic E-state index is 14.4. The highest BCUT2D eigenvalue weighted by Crippen LogP contribution is 2.38. The van der Waals surface area contributed by atoms with Crippen LogP contribution in [0, 0.1) is 11.8 Å². The van der Waals surface area contributed by atoms with Gasteiger partial charge in [0.25, 0.3) is 0 Å². The van der Waals surface area contributed by atoms with Crippen molar-refractivity contribution in [1.82, 2.24) is 30.7 Å². The highest BCUT2D eigenvalue weighted by atomic mass is 19.1. The maximum atomic E-state index is 14.4. The van der Waals surface area contributed by atoms with Crippen LogP contribution in [-0.2, 0) is 4.79 Å². The third-order valence-electron chi connectivity index (χ3n) is 8.50. The van der Waals surface area contributed by atoms with Crippen LogP contribution in [0.2, 0.25) is 0 Å². The number of nitrogens with zero attached hydrogens (tertiary/aromatic N) is 3. The van der Waals surface area contributed by atoms with Gasteiger partial charge in [-0.25, -0.2) is 4.39 Å². The number of rotatable bonds is 3. The maximum Gasteiger partial charge on any atom is 0.237 e. The molecule has 1 aliphatic carbocycles. The lowest BCUT2D eigenvalue weighted by Crippen LogP contribution is -2.65. The minimum absolute atomic E-state index is 0.00102. The van der Waals surface area contributed by atoms with Crippen molar-refractivity contribution in [2.45, 2.75) is 69.1 Å². The lowest BCUT2D eigenvalue weighted by Gasteiger charge is -2.48. The van der Waals surface area contributed by atoms with Gasteiger partial charge in [0, 0.05) is 69.9 Å². The zero-order valence-corrected chi connectivity index (χ0v) is 18.5. The summed E-state index contributed by atoms with van der Waals surface area (Å²) in [5.74, 6) is 0.533. The standard InChI is InChI=1S/C22H39FN6O/c1-14-3-4-17(23)16-12-18(26-20(14)16)22(30)25-15-11-19(21-24-5-6-29(21)13-15)28-9-7-27(2)8-10-28/h14-21,24,26H,3-13H2,1-2H3,(H,25,30). The molecular formula is C22H39FN6O. The van der Waals surface area contributed by atoms with E-state index >= 15 is 0 Å². The van der Waals surface area contributed by atoms with Gasteiger partial charge in [-0.2, -0.15) is 0 Å². The Morgan fingerprint density at radius 3 is 2.63 bits per heavy atom. The number of nitrogens with one attached hydrogen (secondary N) is 3. The van der Waals surface area contributed by atoms with Crippen LogP contribution in [0.25, 0.3) is 0 Å². The first kappa shape index (κ1) is 21.1. The van der Waals surface area contributed by atoms with Gasteiger partial charge in [0.1, 0.15) is 6.17 Å².